The molecule has 0 saturated carbocycles. The van der Waals surface area contributed by atoms with Crippen molar-refractivity contribution in [3.8, 4) is 34.5 Å². The van der Waals surface area contributed by atoms with Crippen LogP contribution in [-0.2, 0) is 38.5 Å². The quantitative estimate of drug-likeness (QED) is 0.0200. The van der Waals surface area contributed by atoms with E-state index in [4.69, 9.17) is 28.4 Å². The van der Waals surface area contributed by atoms with Crippen molar-refractivity contribution in [2.75, 3.05) is 40.1 Å². The first-order valence-electron chi connectivity index (χ1n) is 52.9. The molecule has 141 heavy (non-hydrogen) atoms. The molecular formula is C129H174O12. The molecule has 0 spiro atoms. The van der Waals surface area contributed by atoms with Crippen molar-refractivity contribution in [1.82, 2.24) is 0 Å². The van der Waals surface area contributed by atoms with E-state index in [0.29, 0.717) is 6.61 Å². The summed E-state index contributed by atoms with van der Waals surface area (Å²) in [5, 5.41) is 64.5. The number of aliphatic hydroxyl groups excluding tert-OH is 6. The van der Waals surface area contributed by atoms with E-state index in [9.17, 15) is 30.6 Å². The van der Waals surface area contributed by atoms with E-state index in [2.05, 4.69) is 197 Å². The normalized spacial score (nSPS) is 12.2. The Morgan fingerprint density at radius 1 is 0.177 bits per heavy atom. The van der Waals surface area contributed by atoms with Crippen molar-refractivity contribution in [2.45, 2.75) is 337 Å². The second-order valence-electron chi connectivity index (χ2n) is 37.9. The smallest absolute Gasteiger partial charge is 0.122 e. The first kappa shape index (κ1) is 117. The standard InChI is InChI=1S/C24H34O2.C23H32O2.C22H30O2.C21H28O2.C20H26O2.C19H24O2/c1-5-7-8-9-17-26-23-16-15-22(18(3)19(23)4)24(25)21-13-11-20(10-6-2)12-14-21;1-5-7-8-16-25-22-15-14-21(17(3)18(22)4)23(24)20-12-10-19(9-6-2)11-13-20;1-5-7-15-24-21-14-13-20(16(3)17(21)4)22(23)19-11-9-18(8-6-2)10-12-19;1-5-7-17-8-10-18(11-9-17)21(22)19-12-13-20(23-14-6-2)16(4)15(19)3;1-5-7-16-8-10-17(11-9-16)20(21)18-12-13-19(22-6-2)15(4)14(18)3;1-5-6-15-7-9-16(10-8-15)19(20)17-11-12-18(21-4)14(3)13(17)2/h11-16,24-25H,5-10,17H2,1-4H3;10-15,23-24H,5-9,16H2,1-4H3;9-14,22-23H,5-8,15H2,1-4H3;8-13,21-22H,5-7,14H2,1-4H3;8-13,20-21H,5-7H2,1-4H3;7-12,19-20H,5-6H2,1-4H3. The number of aryl methyl sites for hydroxylation is 6. The van der Waals surface area contributed by atoms with Crippen LogP contribution in [0.3, 0.4) is 0 Å². The van der Waals surface area contributed by atoms with Gasteiger partial charge in [0.2, 0.25) is 0 Å². The summed E-state index contributed by atoms with van der Waals surface area (Å²) < 4.78 is 34.5. The molecule has 0 fully saturated rings. The van der Waals surface area contributed by atoms with Gasteiger partial charge in [-0.05, 0) is 358 Å². The first-order valence-corrected chi connectivity index (χ1v) is 52.9. The lowest BCUT2D eigenvalue weighted by molar-refractivity contribution is 0.219. The summed E-state index contributed by atoms with van der Waals surface area (Å²) in [5.41, 5.74) is 32.5. The maximum atomic E-state index is 10.8. The van der Waals surface area contributed by atoms with Gasteiger partial charge in [-0.15, -0.1) is 0 Å². The average Bonchev–Trinajstić information content (AvgIpc) is 0.828. The third-order valence-electron chi connectivity index (χ3n) is 27.4. The Morgan fingerprint density at radius 2 is 0.362 bits per heavy atom. The van der Waals surface area contributed by atoms with Gasteiger partial charge in [-0.2, -0.15) is 0 Å². The molecule has 0 aliphatic rings. The molecule has 0 aliphatic carbocycles. The van der Waals surface area contributed by atoms with Crippen LogP contribution >= 0.6 is 0 Å². The number of hydrogen-bond donors (Lipinski definition) is 6. The van der Waals surface area contributed by atoms with E-state index in [1.54, 1.807) is 7.11 Å². The van der Waals surface area contributed by atoms with Crippen LogP contribution in [0.2, 0.25) is 0 Å². The van der Waals surface area contributed by atoms with E-state index >= 15 is 0 Å². The van der Waals surface area contributed by atoms with Crippen LogP contribution in [0.25, 0.3) is 0 Å². The van der Waals surface area contributed by atoms with Gasteiger partial charge in [0, 0.05) is 0 Å². The van der Waals surface area contributed by atoms with E-state index in [1.807, 2.05) is 180 Å². The van der Waals surface area contributed by atoms with Crippen LogP contribution in [0, 0.1) is 83.1 Å². The van der Waals surface area contributed by atoms with Gasteiger partial charge in [-0.1, -0.05) is 328 Å². The van der Waals surface area contributed by atoms with Crippen molar-refractivity contribution in [1.29, 1.82) is 0 Å². The Balaban J connectivity index is 0.000000230. The molecule has 12 heteroatoms. The van der Waals surface area contributed by atoms with Gasteiger partial charge in [0.05, 0.1) is 40.1 Å². The molecule has 0 radical (unpaired) electrons. The van der Waals surface area contributed by atoms with Crippen molar-refractivity contribution in [3.05, 3.63) is 385 Å². The summed E-state index contributed by atoms with van der Waals surface area (Å²) in [6.07, 6.45) is 21.3. The Kier molecular flexibility index (Phi) is 52.0. The van der Waals surface area contributed by atoms with Gasteiger partial charge >= 0.3 is 0 Å². The molecule has 6 N–H and O–H groups in total. The van der Waals surface area contributed by atoms with Crippen LogP contribution < -0.4 is 28.4 Å². The Morgan fingerprint density at radius 3 is 0.560 bits per heavy atom. The van der Waals surface area contributed by atoms with Crippen molar-refractivity contribution in [3.63, 3.8) is 0 Å². The predicted molar refractivity (Wildman–Crippen MR) is 591 cm³/mol. The second-order valence-corrected chi connectivity index (χ2v) is 37.9. The molecular weight excluding hydrogens is 1740 g/mol. The SMILES string of the molecule is CCCCCCOc1ccc(C(O)c2ccc(CCC)cc2)c(C)c1C.CCCCCOc1ccc(C(O)c2ccc(CCC)cc2)c(C)c1C.CCCCOc1ccc(C(O)c2ccc(CCC)cc2)c(C)c1C.CCCOc1ccc(C(O)c2ccc(CCC)cc2)c(C)c1C.CCCc1ccc(C(O)c2ccc(OC)c(C)c2C)cc1.CCCc1ccc(C(O)c2ccc(OCC)c(C)c2C)cc1. The molecule has 12 rings (SSSR count). The van der Waals surface area contributed by atoms with Crippen molar-refractivity contribution in [2.24, 2.45) is 0 Å². The molecule has 12 aromatic carbocycles. The van der Waals surface area contributed by atoms with Gasteiger partial charge < -0.3 is 59.1 Å². The van der Waals surface area contributed by atoms with E-state index in [-0.39, 0.29) is 0 Å². The molecule has 12 aromatic rings. The van der Waals surface area contributed by atoms with E-state index in [1.165, 1.54) is 65.5 Å². The summed E-state index contributed by atoms with van der Waals surface area (Å²) in [7, 11) is 1.67. The van der Waals surface area contributed by atoms with Crippen LogP contribution in [0.5, 0.6) is 34.5 Å². The fourth-order valence-electron chi connectivity index (χ4n) is 17.6. The lowest BCUT2D eigenvalue weighted by atomic mass is 9.93. The molecule has 12 nitrogen and oxygen atoms in total. The molecule has 0 amide bonds. The van der Waals surface area contributed by atoms with E-state index in [0.717, 1.165) is 304 Å². The molecule has 0 saturated heterocycles. The van der Waals surface area contributed by atoms with Crippen LogP contribution in [0.15, 0.2) is 218 Å². The van der Waals surface area contributed by atoms with Crippen LogP contribution in [0.4, 0.5) is 0 Å². The molecule has 0 bridgehead atoms. The molecule has 6 atom stereocenters. The number of rotatable bonds is 45. The molecule has 6 unspecified atom stereocenters. The summed E-state index contributed by atoms with van der Waals surface area (Å²) in [6, 6.07) is 73.5. The predicted octanol–water partition coefficient (Wildman–Crippen LogP) is 31.9. The fraction of sp³-hybridized carbons (Fsp3) is 0.442. The van der Waals surface area contributed by atoms with Crippen molar-refractivity contribution < 1.29 is 59.1 Å². The minimum Gasteiger partial charge on any atom is -0.496 e. The summed E-state index contributed by atoms with van der Waals surface area (Å²) >= 11 is 0. The Bertz CT molecular complexity index is 5620. The van der Waals surface area contributed by atoms with Gasteiger partial charge in [-0.25, -0.2) is 0 Å². The highest BCUT2D eigenvalue weighted by atomic mass is 16.5. The Labute approximate surface area is 850 Å². The van der Waals surface area contributed by atoms with Gasteiger partial charge in [0.25, 0.3) is 0 Å². The second kappa shape index (κ2) is 62.6. The maximum Gasteiger partial charge on any atom is 0.122 e. The number of hydrogen-bond acceptors (Lipinski definition) is 12. The Hall–Kier alpha value is -10.8. The van der Waals surface area contributed by atoms with Gasteiger partial charge in [0.1, 0.15) is 71.1 Å². The largest absolute Gasteiger partial charge is 0.496 e. The number of unbranched alkanes of at least 4 members (excludes halogenated alkanes) is 6. The van der Waals surface area contributed by atoms with Crippen molar-refractivity contribution >= 4 is 0 Å². The molecule has 0 aliphatic heterocycles. The molecule has 0 aromatic heterocycles. The highest BCUT2D eigenvalue weighted by molar-refractivity contribution is 5.53. The van der Waals surface area contributed by atoms with E-state index < -0.39 is 36.6 Å². The third-order valence-corrected chi connectivity index (χ3v) is 27.4. The monoisotopic (exact) mass is 1920 g/mol. The zero-order valence-electron chi connectivity index (χ0n) is 90.5. The minimum absolute atomic E-state index is 0.592. The fourth-order valence-corrected chi connectivity index (χ4v) is 17.6. The molecule has 762 valence electrons. The summed E-state index contributed by atoms with van der Waals surface area (Å²) in [4.78, 5) is 0. The first-order chi connectivity index (χ1) is 68.0. The zero-order valence-corrected chi connectivity index (χ0v) is 90.5. The van der Waals surface area contributed by atoms with Gasteiger partial charge in [-0.3, -0.25) is 0 Å². The highest BCUT2D eigenvalue weighted by Crippen LogP contribution is 2.40. The van der Waals surface area contributed by atoms with Crippen LogP contribution in [0.1, 0.15) is 382 Å². The van der Waals surface area contributed by atoms with Crippen LogP contribution in [-0.4, -0.2) is 70.8 Å². The van der Waals surface area contributed by atoms with Gasteiger partial charge in [0.15, 0.2) is 0 Å². The lowest BCUT2D eigenvalue weighted by Gasteiger charge is -2.19. The lowest BCUT2D eigenvalue weighted by Crippen LogP contribution is -2.06. The third kappa shape index (κ3) is 35.1. The summed E-state index contributed by atoms with van der Waals surface area (Å²) in [6.45, 7) is 52.0. The maximum absolute atomic E-state index is 10.8. The zero-order chi connectivity index (χ0) is 103. The average molecular weight is 1920 g/mol. The molecule has 0 heterocycles. The topological polar surface area (TPSA) is 177 Å². The minimum atomic E-state index is -0.594. The number of ether oxygens (including phenoxy) is 6. The highest BCUT2D eigenvalue weighted by Gasteiger charge is 2.24. The number of methoxy groups -OCH3 is 1. The summed E-state index contributed by atoms with van der Waals surface area (Å²) in [5.74, 6) is 5.47. The number of benzene rings is 12. The number of aliphatic hydroxyl groups is 6.